The Morgan fingerprint density at radius 1 is 1.26 bits per heavy atom. The highest BCUT2D eigenvalue weighted by molar-refractivity contribution is 7.92. The lowest BCUT2D eigenvalue weighted by molar-refractivity contribution is 0.597. The zero-order valence-electron chi connectivity index (χ0n) is 11.1. The van der Waals surface area contributed by atoms with Crippen LogP contribution in [-0.2, 0) is 10.0 Å². The van der Waals surface area contributed by atoms with E-state index in [1.54, 1.807) is 0 Å². The van der Waals surface area contributed by atoms with Gasteiger partial charge in [0.15, 0.2) is 5.03 Å². The molecule has 2 rings (SSSR count). The van der Waals surface area contributed by atoms with Crippen molar-refractivity contribution in [3.63, 3.8) is 0 Å². The van der Waals surface area contributed by atoms with Crippen LogP contribution in [-0.4, -0.2) is 18.6 Å². The third kappa shape index (κ3) is 2.78. The highest BCUT2D eigenvalue weighted by Gasteiger charge is 2.19. The van der Waals surface area contributed by atoms with E-state index >= 15 is 0 Å². The molecule has 2 N–H and O–H groups in total. The van der Waals surface area contributed by atoms with Crippen molar-refractivity contribution in [1.82, 2.24) is 10.2 Å². The molecule has 0 spiro atoms. The van der Waals surface area contributed by atoms with Crippen LogP contribution in [0, 0.1) is 6.92 Å². The summed E-state index contributed by atoms with van der Waals surface area (Å²) in [5, 5.41) is 6.19. The molecule has 0 saturated carbocycles. The number of anilines is 1. The summed E-state index contributed by atoms with van der Waals surface area (Å²) in [7, 11) is -3.62. The molecule has 0 aliphatic carbocycles. The second-order valence-electron chi connectivity index (χ2n) is 4.72. The van der Waals surface area contributed by atoms with Crippen LogP contribution in [0.3, 0.4) is 0 Å². The molecule has 0 radical (unpaired) electrons. The molecule has 19 heavy (non-hydrogen) atoms. The van der Waals surface area contributed by atoms with Gasteiger partial charge >= 0.3 is 0 Å². The van der Waals surface area contributed by atoms with E-state index in [0.717, 1.165) is 11.1 Å². The first kappa shape index (κ1) is 13.6. The van der Waals surface area contributed by atoms with Gasteiger partial charge in [-0.3, -0.25) is 9.82 Å². The molecule has 0 fully saturated rings. The average molecular weight is 279 g/mol. The van der Waals surface area contributed by atoms with E-state index in [0.29, 0.717) is 5.69 Å². The monoisotopic (exact) mass is 279 g/mol. The normalized spacial score (nSPS) is 11.8. The maximum absolute atomic E-state index is 12.2. The molecule has 1 aromatic carbocycles. The van der Waals surface area contributed by atoms with Gasteiger partial charge in [-0.25, -0.2) is 0 Å². The number of hydrogen-bond donors (Lipinski definition) is 2. The van der Waals surface area contributed by atoms with Gasteiger partial charge in [0.05, 0.1) is 11.9 Å². The Kier molecular flexibility index (Phi) is 3.61. The molecule has 0 unspecified atom stereocenters. The predicted octanol–water partition coefficient (Wildman–Crippen LogP) is 2.64. The van der Waals surface area contributed by atoms with Gasteiger partial charge in [-0.15, -0.1) is 0 Å². The Hall–Kier alpha value is -1.82. The molecule has 5 nitrogen and oxygen atoms in total. The Labute approximate surface area is 113 Å². The van der Waals surface area contributed by atoms with Gasteiger partial charge in [-0.2, -0.15) is 13.5 Å². The van der Waals surface area contributed by atoms with E-state index < -0.39 is 10.0 Å². The highest BCUT2D eigenvalue weighted by atomic mass is 32.2. The topological polar surface area (TPSA) is 74.8 Å². The molecule has 2 aromatic rings. The molecule has 0 atom stereocenters. The standard InChI is InChI=1S/C13H17N3O2S/c1-9(2)11-6-4-5-10(3)13(11)16-19(17,18)12-7-8-14-15-12/h4-9,16H,1-3H3,(H,14,15). The predicted molar refractivity (Wildman–Crippen MR) is 74.7 cm³/mol. The van der Waals surface area contributed by atoms with Crippen LogP contribution in [0.2, 0.25) is 0 Å². The molecular weight excluding hydrogens is 262 g/mol. The van der Waals surface area contributed by atoms with Gasteiger partial charge in [0.2, 0.25) is 0 Å². The fraction of sp³-hybridized carbons (Fsp3) is 0.308. The van der Waals surface area contributed by atoms with Gasteiger partial charge < -0.3 is 0 Å². The number of aryl methyl sites for hydroxylation is 1. The number of H-pyrrole nitrogens is 1. The summed E-state index contributed by atoms with van der Waals surface area (Å²) in [6, 6.07) is 7.17. The van der Waals surface area contributed by atoms with Crippen LogP contribution in [0.5, 0.6) is 0 Å². The quantitative estimate of drug-likeness (QED) is 0.903. The molecule has 0 saturated heterocycles. The zero-order valence-corrected chi connectivity index (χ0v) is 12.0. The summed E-state index contributed by atoms with van der Waals surface area (Å²) in [4.78, 5) is 0. The Balaban J connectivity index is 2.45. The number of sulfonamides is 1. The Morgan fingerprint density at radius 2 is 2.00 bits per heavy atom. The van der Waals surface area contributed by atoms with E-state index in [9.17, 15) is 8.42 Å². The first-order valence-electron chi connectivity index (χ1n) is 6.03. The highest BCUT2D eigenvalue weighted by Crippen LogP contribution is 2.29. The molecule has 0 amide bonds. The number of benzene rings is 1. The zero-order chi connectivity index (χ0) is 14.0. The van der Waals surface area contributed by atoms with Crippen molar-refractivity contribution in [3.8, 4) is 0 Å². The lowest BCUT2D eigenvalue weighted by Gasteiger charge is -2.16. The van der Waals surface area contributed by atoms with Crippen molar-refractivity contribution >= 4 is 15.7 Å². The fourth-order valence-electron chi connectivity index (χ4n) is 1.89. The summed E-state index contributed by atoms with van der Waals surface area (Å²) < 4.78 is 27.1. The largest absolute Gasteiger partial charge is 0.278 e. The number of aromatic nitrogens is 2. The summed E-state index contributed by atoms with van der Waals surface area (Å²) in [5.41, 5.74) is 2.52. The first-order chi connectivity index (χ1) is 8.92. The summed E-state index contributed by atoms with van der Waals surface area (Å²) in [6.07, 6.45) is 1.41. The van der Waals surface area contributed by atoms with E-state index in [1.165, 1.54) is 12.3 Å². The smallest absolute Gasteiger partial charge is 0.278 e. The summed E-state index contributed by atoms with van der Waals surface area (Å²) in [6.45, 7) is 5.95. The average Bonchev–Trinajstić information content (AvgIpc) is 2.85. The second kappa shape index (κ2) is 5.05. The number of para-hydroxylation sites is 1. The van der Waals surface area contributed by atoms with Crippen molar-refractivity contribution in [2.24, 2.45) is 0 Å². The molecule has 1 heterocycles. The summed E-state index contributed by atoms with van der Waals surface area (Å²) in [5.74, 6) is 0.236. The number of nitrogens with one attached hydrogen (secondary N) is 2. The number of rotatable bonds is 4. The minimum Gasteiger partial charge on any atom is -0.278 e. The molecule has 0 bridgehead atoms. The lowest BCUT2D eigenvalue weighted by Crippen LogP contribution is -2.16. The van der Waals surface area contributed by atoms with Crippen molar-refractivity contribution in [2.45, 2.75) is 31.7 Å². The van der Waals surface area contributed by atoms with Crippen LogP contribution < -0.4 is 4.72 Å². The number of aromatic amines is 1. The van der Waals surface area contributed by atoms with Crippen molar-refractivity contribution < 1.29 is 8.42 Å². The van der Waals surface area contributed by atoms with E-state index in [2.05, 4.69) is 14.9 Å². The Morgan fingerprint density at radius 3 is 2.58 bits per heavy atom. The van der Waals surface area contributed by atoms with E-state index in [-0.39, 0.29) is 10.9 Å². The fourth-order valence-corrected chi connectivity index (χ4v) is 2.96. The van der Waals surface area contributed by atoms with Gasteiger partial charge in [0.25, 0.3) is 10.0 Å². The molecule has 0 aliphatic rings. The van der Waals surface area contributed by atoms with Gasteiger partial charge in [0, 0.05) is 0 Å². The van der Waals surface area contributed by atoms with Crippen LogP contribution in [0.4, 0.5) is 5.69 Å². The second-order valence-corrected chi connectivity index (χ2v) is 6.37. The lowest BCUT2D eigenvalue weighted by atomic mass is 9.99. The first-order valence-corrected chi connectivity index (χ1v) is 7.52. The molecule has 1 aromatic heterocycles. The van der Waals surface area contributed by atoms with E-state index in [1.807, 2.05) is 39.0 Å². The summed E-state index contributed by atoms with van der Waals surface area (Å²) >= 11 is 0. The van der Waals surface area contributed by atoms with Crippen molar-refractivity contribution in [1.29, 1.82) is 0 Å². The molecule has 6 heteroatoms. The number of nitrogens with zero attached hydrogens (tertiary/aromatic N) is 1. The third-order valence-electron chi connectivity index (χ3n) is 2.93. The van der Waals surface area contributed by atoms with Crippen molar-refractivity contribution in [2.75, 3.05) is 4.72 Å². The van der Waals surface area contributed by atoms with Crippen molar-refractivity contribution in [3.05, 3.63) is 41.6 Å². The molecular formula is C13H17N3O2S. The number of hydrogen-bond acceptors (Lipinski definition) is 3. The molecule has 0 aliphatic heterocycles. The maximum Gasteiger partial charge on any atom is 0.278 e. The SMILES string of the molecule is Cc1cccc(C(C)C)c1NS(=O)(=O)c1ccn[nH]1. The van der Waals surface area contributed by atoms with Crippen LogP contribution in [0.1, 0.15) is 30.9 Å². The van der Waals surface area contributed by atoms with Crippen LogP contribution >= 0.6 is 0 Å². The minimum absolute atomic E-state index is 0.0606. The van der Waals surface area contributed by atoms with Crippen LogP contribution in [0.25, 0.3) is 0 Å². The van der Waals surface area contributed by atoms with Gasteiger partial charge in [-0.1, -0.05) is 32.0 Å². The van der Waals surface area contributed by atoms with Crippen LogP contribution in [0.15, 0.2) is 35.5 Å². The third-order valence-corrected chi connectivity index (χ3v) is 4.21. The maximum atomic E-state index is 12.2. The Bertz CT molecular complexity index is 661. The van der Waals surface area contributed by atoms with Gasteiger partial charge in [-0.05, 0) is 30.0 Å². The minimum atomic E-state index is -3.62. The molecule has 102 valence electrons. The van der Waals surface area contributed by atoms with E-state index in [4.69, 9.17) is 0 Å². The van der Waals surface area contributed by atoms with Gasteiger partial charge in [0.1, 0.15) is 0 Å².